The van der Waals surface area contributed by atoms with Gasteiger partial charge in [-0.1, -0.05) is 18.2 Å². The summed E-state index contributed by atoms with van der Waals surface area (Å²) in [5, 5.41) is 1.79. The fourth-order valence-corrected chi connectivity index (χ4v) is 3.88. The number of thiophene rings is 1. The van der Waals surface area contributed by atoms with Gasteiger partial charge in [-0.25, -0.2) is 12.8 Å². The molecule has 106 valence electrons. The molecule has 2 aromatic rings. The Hall–Kier alpha value is -1.53. The second kappa shape index (κ2) is 6.28. The first-order valence-corrected chi connectivity index (χ1v) is 8.58. The summed E-state index contributed by atoms with van der Waals surface area (Å²) >= 11 is 1.33. The standard InChI is InChI=1S/C14H13FO3S2/c15-11-5-1-2-8-14(11)20(17,18)10-4-6-12(16)13-7-3-9-19-13/h1-3,5,7-9H,4,6,10H2. The Labute approximate surface area is 121 Å². The van der Waals surface area contributed by atoms with Crippen molar-refractivity contribution in [3.05, 3.63) is 52.5 Å². The molecule has 0 aliphatic carbocycles. The number of halogens is 1. The first kappa shape index (κ1) is 14.9. The zero-order chi connectivity index (χ0) is 14.6. The molecule has 0 spiro atoms. The number of carbonyl (C=O) groups excluding carboxylic acids is 1. The van der Waals surface area contributed by atoms with Crippen LogP contribution in [0.1, 0.15) is 22.5 Å². The van der Waals surface area contributed by atoms with Crippen molar-refractivity contribution >= 4 is 27.0 Å². The molecule has 0 N–H and O–H groups in total. The molecule has 3 nitrogen and oxygen atoms in total. The number of rotatable bonds is 6. The van der Waals surface area contributed by atoms with Crippen LogP contribution < -0.4 is 0 Å². The summed E-state index contributed by atoms with van der Waals surface area (Å²) in [4.78, 5) is 12.1. The Morgan fingerprint density at radius 3 is 2.55 bits per heavy atom. The normalized spacial score (nSPS) is 11.4. The van der Waals surface area contributed by atoms with Gasteiger partial charge in [-0.3, -0.25) is 4.79 Å². The van der Waals surface area contributed by atoms with Gasteiger partial charge in [0.25, 0.3) is 0 Å². The van der Waals surface area contributed by atoms with Crippen LogP contribution in [-0.4, -0.2) is 20.0 Å². The molecule has 0 atom stereocenters. The quantitative estimate of drug-likeness (QED) is 0.769. The van der Waals surface area contributed by atoms with E-state index >= 15 is 0 Å². The lowest BCUT2D eigenvalue weighted by molar-refractivity contribution is 0.0986. The Kier molecular flexibility index (Phi) is 4.67. The highest BCUT2D eigenvalue weighted by molar-refractivity contribution is 7.91. The smallest absolute Gasteiger partial charge is 0.181 e. The maximum atomic E-state index is 13.4. The fourth-order valence-electron chi connectivity index (χ4n) is 1.79. The highest BCUT2D eigenvalue weighted by Gasteiger charge is 2.19. The first-order chi connectivity index (χ1) is 9.50. The minimum absolute atomic E-state index is 0.0799. The van der Waals surface area contributed by atoms with Crippen LogP contribution in [0.25, 0.3) is 0 Å². The van der Waals surface area contributed by atoms with Gasteiger partial charge < -0.3 is 0 Å². The largest absolute Gasteiger partial charge is 0.293 e. The molecule has 6 heteroatoms. The Balaban J connectivity index is 1.97. The average Bonchev–Trinajstić information content (AvgIpc) is 2.92. The van der Waals surface area contributed by atoms with E-state index in [1.807, 2.05) is 0 Å². The van der Waals surface area contributed by atoms with E-state index in [1.54, 1.807) is 17.5 Å². The predicted molar refractivity (Wildman–Crippen MR) is 76.3 cm³/mol. The van der Waals surface area contributed by atoms with Crippen molar-refractivity contribution in [1.82, 2.24) is 0 Å². The highest BCUT2D eigenvalue weighted by atomic mass is 32.2. The number of hydrogen-bond acceptors (Lipinski definition) is 4. The molecule has 0 radical (unpaired) electrons. The second-order valence-corrected chi connectivity index (χ2v) is 7.28. The van der Waals surface area contributed by atoms with E-state index in [4.69, 9.17) is 0 Å². The van der Waals surface area contributed by atoms with Crippen LogP contribution >= 0.6 is 11.3 Å². The van der Waals surface area contributed by atoms with Crippen LogP contribution in [0, 0.1) is 5.82 Å². The zero-order valence-corrected chi connectivity index (χ0v) is 12.2. The molecule has 20 heavy (non-hydrogen) atoms. The molecule has 0 unspecified atom stereocenters. The lowest BCUT2D eigenvalue weighted by Crippen LogP contribution is -2.10. The van der Waals surface area contributed by atoms with Crippen LogP contribution in [-0.2, 0) is 9.84 Å². The number of benzene rings is 1. The third-order valence-corrected chi connectivity index (χ3v) is 5.52. The molecule has 0 bridgehead atoms. The van der Waals surface area contributed by atoms with Gasteiger partial charge in [-0.05, 0) is 30.0 Å². The molecular weight excluding hydrogens is 299 g/mol. The number of sulfone groups is 1. The monoisotopic (exact) mass is 312 g/mol. The summed E-state index contributed by atoms with van der Waals surface area (Å²) in [5.74, 6) is -1.06. The molecular formula is C14H13FO3S2. The predicted octanol–water partition coefficient (Wildman–Crippen LogP) is 3.32. The molecule has 0 aliphatic heterocycles. The number of hydrogen-bond donors (Lipinski definition) is 0. The van der Waals surface area contributed by atoms with Crippen LogP contribution in [0.2, 0.25) is 0 Å². The van der Waals surface area contributed by atoms with Crippen LogP contribution in [0.15, 0.2) is 46.7 Å². The SMILES string of the molecule is O=C(CCCS(=O)(=O)c1ccccc1F)c1cccs1. The Morgan fingerprint density at radius 1 is 1.15 bits per heavy atom. The summed E-state index contributed by atoms with van der Waals surface area (Å²) in [6.07, 6.45) is 0.335. The maximum Gasteiger partial charge on any atom is 0.181 e. The van der Waals surface area contributed by atoms with Crippen molar-refractivity contribution in [3.63, 3.8) is 0 Å². The van der Waals surface area contributed by atoms with E-state index in [-0.39, 0.29) is 29.3 Å². The van der Waals surface area contributed by atoms with Crippen molar-refractivity contribution in [2.24, 2.45) is 0 Å². The number of Topliss-reactive ketones (excluding diaryl/α,β-unsaturated/α-hetero) is 1. The van der Waals surface area contributed by atoms with Crippen molar-refractivity contribution in [1.29, 1.82) is 0 Å². The van der Waals surface area contributed by atoms with E-state index < -0.39 is 15.7 Å². The molecule has 0 aliphatic rings. The second-order valence-electron chi connectivity index (χ2n) is 4.25. The Bertz CT molecular complexity index is 691. The third kappa shape index (κ3) is 3.52. The maximum absolute atomic E-state index is 13.4. The van der Waals surface area contributed by atoms with Gasteiger partial charge in [-0.15, -0.1) is 11.3 Å². The summed E-state index contributed by atoms with van der Waals surface area (Å²) in [5.41, 5.74) is 0. The molecule has 1 aromatic carbocycles. The van der Waals surface area contributed by atoms with Crippen LogP contribution in [0.5, 0.6) is 0 Å². The molecule has 1 heterocycles. The van der Waals surface area contributed by atoms with Crippen molar-refractivity contribution in [2.45, 2.75) is 17.7 Å². The molecule has 0 fully saturated rings. The lowest BCUT2D eigenvalue weighted by atomic mass is 10.2. The molecule has 1 aromatic heterocycles. The van der Waals surface area contributed by atoms with Crippen molar-refractivity contribution in [2.75, 3.05) is 5.75 Å². The lowest BCUT2D eigenvalue weighted by Gasteiger charge is -2.05. The van der Waals surface area contributed by atoms with Gasteiger partial charge in [0.05, 0.1) is 10.6 Å². The van der Waals surface area contributed by atoms with Gasteiger partial charge in [0.2, 0.25) is 0 Å². The summed E-state index contributed by atoms with van der Waals surface area (Å²) in [6.45, 7) is 0. The molecule has 0 saturated carbocycles. The summed E-state index contributed by atoms with van der Waals surface area (Å²) in [6, 6.07) is 8.75. The minimum atomic E-state index is -3.68. The minimum Gasteiger partial charge on any atom is -0.293 e. The number of ketones is 1. The topological polar surface area (TPSA) is 51.2 Å². The van der Waals surface area contributed by atoms with Gasteiger partial charge in [0.15, 0.2) is 15.6 Å². The number of carbonyl (C=O) groups is 1. The molecule has 2 rings (SSSR count). The highest BCUT2D eigenvalue weighted by Crippen LogP contribution is 2.18. The van der Waals surface area contributed by atoms with E-state index in [0.717, 1.165) is 6.07 Å². The van der Waals surface area contributed by atoms with Crippen molar-refractivity contribution in [3.8, 4) is 0 Å². The summed E-state index contributed by atoms with van der Waals surface area (Å²) < 4.78 is 37.4. The summed E-state index contributed by atoms with van der Waals surface area (Å²) in [7, 11) is -3.68. The Morgan fingerprint density at radius 2 is 1.90 bits per heavy atom. The zero-order valence-electron chi connectivity index (χ0n) is 10.6. The fraction of sp³-hybridized carbons (Fsp3) is 0.214. The van der Waals surface area contributed by atoms with Crippen LogP contribution in [0.3, 0.4) is 0 Å². The molecule has 0 saturated heterocycles. The van der Waals surface area contributed by atoms with E-state index in [0.29, 0.717) is 4.88 Å². The van der Waals surface area contributed by atoms with E-state index in [2.05, 4.69) is 0 Å². The van der Waals surface area contributed by atoms with Gasteiger partial charge in [0, 0.05) is 6.42 Å². The van der Waals surface area contributed by atoms with Gasteiger partial charge >= 0.3 is 0 Å². The van der Waals surface area contributed by atoms with Gasteiger partial charge in [0.1, 0.15) is 10.7 Å². The van der Waals surface area contributed by atoms with E-state index in [1.165, 1.54) is 29.5 Å². The third-order valence-electron chi connectivity index (χ3n) is 2.78. The van der Waals surface area contributed by atoms with Crippen molar-refractivity contribution < 1.29 is 17.6 Å². The van der Waals surface area contributed by atoms with Gasteiger partial charge in [-0.2, -0.15) is 0 Å². The van der Waals surface area contributed by atoms with E-state index in [9.17, 15) is 17.6 Å². The first-order valence-electron chi connectivity index (χ1n) is 6.05. The molecule has 0 amide bonds. The average molecular weight is 312 g/mol. The van der Waals surface area contributed by atoms with Crippen LogP contribution in [0.4, 0.5) is 4.39 Å².